The molecule has 12 heavy (non-hydrogen) atoms. The molecule has 0 bridgehead atoms. The first-order valence-electron chi connectivity index (χ1n) is 3.83. The summed E-state index contributed by atoms with van der Waals surface area (Å²) in [5.74, 6) is -0.313. The molecule has 0 aromatic heterocycles. The molecule has 0 saturated carbocycles. The van der Waals surface area contributed by atoms with Crippen LogP contribution < -0.4 is 0 Å². The van der Waals surface area contributed by atoms with E-state index in [0.29, 0.717) is 13.0 Å². The molecule has 4 nitrogen and oxygen atoms in total. The molecular weight excluding hydrogens is 158 g/mol. The van der Waals surface area contributed by atoms with Gasteiger partial charge in [-0.15, -0.1) is 0 Å². The Morgan fingerprint density at radius 1 is 1.83 bits per heavy atom. The minimum absolute atomic E-state index is 0.313. The van der Waals surface area contributed by atoms with Crippen molar-refractivity contribution in [2.24, 2.45) is 0 Å². The summed E-state index contributed by atoms with van der Waals surface area (Å²) < 4.78 is 4.58. The summed E-state index contributed by atoms with van der Waals surface area (Å²) in [4.78, 5) is 12.8. The number of nitrogens with zero attached hydrogens (tertiary/aromatic N) is 1. The van der Waals surface area contributed by atoms with Crippen molar-refractivity contribution in [3.05, 3.63) is 12.8 Å². The number of esters is 1. The van der Waals surface area contributed by atoms with Gasteiger partial charge in [-0.05, 0) is 6.20 Å². The predicted octanol–water partition coefficient (Wildman–Crippen LogP) is -0.262. The largest absolute Gasteiger partial charge is 0.467 e. The van der Waals surface area contributed by atoms with Crippen LogP contribution >= 0.6 is 0 Å². The van der Waals surface area contributed by atoms with E-state index >= 15 is 0 Å². The standard InChI is InChI=1S/C8H13NO3/c1-3-9-5-6(10)4-7(9)8(11)12-2/h3,6-7,10H,1,4-5H2,2H3. The van der Waals surface area contributed by atoms with Gasteiger partial charge in [-0.2, -0.15) is 0 Å². The quantitative estimate of drug-likeness (QED) is 0.581. The average Bonchev–Trinajstić information content (AvgIpc) is 2.45. The first-order chi connectivity index (χ1) is 5.69. The number of carbonyl (C=O) groups excluding carboxylic acids is 1. The maximum absolute atomic E-state index is 11.1. The van der Waals surface area contributed by atoms with Crippen LogP contribution in [0.2, 0.25) is 0 Å². The Morgan fingerprint density at radius 3 is 3.00 bits per heavy atom. The number of hydrogen-bond acceptors (Lipinski definition) is 4. The Balaban J connectivity index is 2.63. The van der Waals surface area contributed by atoms with Crippen molar-refractivity contribution in [3.8, 4) is 0 Å². The molecule has 0 radical (unpaired) electrons. The Hall–Kier alpha value is -1.03. The molecule has 1 aliphatic heterocycles. The third kappa shape index (κ3) is 1.58. The van der Waals surface area contributed by atoms with Gasteiger partial charge < -0.3 is 14.7 Å². The van der Waals surface area contributed by atoms with Gasteiger partial charge >= 0.3 is 5.97 Å². The lowest BCUT2D eigenvalue weighted by Gasteiger charge is -2.18. The maximum atomic E-state index is 11.1. The molecule has 4 heteroatoms. The molecule has 68 valence electrons. The molecule has 1 rings (SSSR count). The normalized spacial score (nSPS) is 28.7. The molecule has 0 aliphatic carbocycles. The SMILES string of the molecule is C=CN1CC(O)CC1C(=O)OC. The van der Waals surface area contributed by atoms with Gasteiger partial charge in [-0.25, -0.2) is 4.79 Å². The van der Waals surface area contributed by atoms with Crippen LogP contribution in [0.3, 0.4) is 0 Å². The van der Waals surface area contributed by atoms with Gasteiger partial charge in [0.15, 0.2) is 0 Å². The lowest BCUT2D eigenvalue weighted by molar-refractivity contribution is -0.145. The predicted molar refractivity (Wildman–Crippen MR) is 43.3 cm³/mol. The number of rotatable bonds is 2. The van der Waals surface area contributed by atoms with Gasteiger partial charge in [0.05, 0.1) is 13.2 Å². The van der Waals surface area contributed by atoms with E-state index < -0.39 is 6.10 Å². The molecule has 2 atom stereocenters. The topological polar surface area (TPSA) is 49.8 Å². The van der Waals surface area contributed by atoms with Crippen LogP contribution in [0, 0.1) is 0 Å². The number of aliphatic hydroxyl groups is 1. The van der Waals surface area contributed by atoms with E-state index in [4.69, 9.17) is 0 Å². The second kappa shape index (κ2) is 3.58. The van der Waals surface area contributed by atoms with Gasteiger partial charge in [0, 0.05) is 13.0 Å². The van der Waals surface area contributed by atoms with E-state index in [-0.39, 0.29) is 12.0 Å². The highest BCUT2D eigenvalue weighted by atomic mass is 16.5. The van der Waals surface area contributed by atoms with Crippen molar-refractivity contribution in [2.75, 3.05) is 13.7 Å². The van der Waals surface area contributed by atoms with Crippen LogP contribution in [0.25, 0.3) is 0 Å². The Bertz CT molecular complexity index is 193. The summed E-state index contributed by atoms with van der Waals surface area (Å²) in [6.45, 7) is 4.01. The van der Waals surface area contributed by atoms with Crippen molar-refractivity contribution in [1.82, 2.24) is 4.90 Å². The molecule has 1 N–H and O–H groups in total. The van der Waals surface area contributed by atoms with Gasteiger partial charge in [0.25, 0.3) is 0 Å². The van der Waals surface area contributed by atoms with Crippen LogP contribution in [0.1, 0.15) is 6.42 Å². The second-order valence-corrected chi connectivity index (χ2v) is 2.81. The third-order valence-corrected chi connectivity index (χ3v) is 2.03. The Kier molecular flexibility index (Phi) is 2.70. The van der Waals surface area contributed by atoms with Crippen molar-refractivity contribution in [3.63, 3.8) is 0 Å². The molecule has 0 amide bonds. The smallest absolute Gasteiger partial charge is 0.328 e. The Labute approximate surface area is 71.4 Å². The first-order valence-corrected chi connectivity index (χ1v) is 3.83. The molecule has 0 aromatic rings. The van der Waals surface area contributed by atoms with E-state index in [1.807, 2.05) is 0 Å². The first kappa shape index (κ1) is 9.06. The van der Waals surface area contributed by atoms with Crippen molar-refractivity contribution in [1.29, 1.82) is 0 Å². The minimum Gasteiger partial charge on any atom is -0.467 e. The fourth-order valence-electron chi connectivity index (χ4n) is 1.41. The molecular formula is C8H13NO3. The molecule has 0 spiro atoms. The number of methoxy groups -OCH3 is 1. The van der Waals surface area contributed by atoms with Crippen LogP contribution in [-0.4, -0.2) is 41.8 Å². The van der Waals surface area contributed by atoms with Crippen molar-refractivity contribution < 1.29 is 14.6 Å². The summed E-state index contributed by atoms with van der Waals surface area (Å²) in [5.41, 5.74) is 0. The molecule has 1 heterocycles. The van der Waals surface area contributed by atoms with Gasteiger partial charge in [-0.1, -0.05) is 6.58 Å². The lowest BCUT2D eigenvalue weighted by Crippen LogP contribution is -2.32. The highest BCUT2D eigenvalue weighted by Gasteiger charge is 2.34. The summed E-state index contributed by atoms with van der Waals surface area (Å²) >= 11 is 0. The van der Waals surface area contributed by atoms with Crippen LogP contribution in [-0.2, 0) is 9.53 Å². The number of aliphatic hydroxyl groups excluding tert-OH is 1. The maximum Gasteiger partial charge on any atom is 0.328 e. The van der Waals surface area contributed by atoms with E-state index in [0.717, 1.165) is 0 Å². The average molecular weight is 171 g/mol. The lowest BCUT2D eigenvalue weighted by atomic mass is 10.2. The molecule has 2 unspecified atom stereocenters. The Morgan fingerprint density at radius 2 is 2.50 bits per heavy atom. The highest BCUT2D eigenvalue weighted by molar-refractivity contribution is 5.76. The highest BCUT2D eigenvalue weighted by Crippen LogP contribution is 2.18. The number of hydrogen-bond donors (Lipinski definition) is 1. The van der Waals surface area contributed by atoms with Gasteiger partial charge in [0.1, 0.15) is 6.04 Å². The van der Waals surface area contributed by atoms with Gasteiger partial charge in [-0.3, -0.25) is 0 Å². The summed E-state index contributed by atoms with van der Waals surface area (Å²) in [6, 6.07) is -0.359. The zero-order chi connectivity index (χ0) is 9.14. The summed E-state index contributed by atoms with van der Waals surface area (Å²) in [5, 5.41) is 9.25. The fourth-order valence-corrected chi connectivity index (χ4v) is 1.41. The van der Waals surface area contributed by atoms with Crippen LogP contribution in [0.15, 0.2) is 12.8 Å². The number of β-amino-alcohol motifs (C(OH)–C–C–N with tert-alkyl or cyclic N) is 1. The second-order valence-electron chi connectivity index (χ2n) is 2.81. The third-order valence-electron chi connectivity index (χ3n) is 2.03. The van der Waals surface area contributed by atoms with Crippen LogP contribution in [0.5, 0.6) is 0 Å². The van der Waals surface area contributed by atoms with E-state index in [9.17, 15) is 9.90 Å². The monoisotopic (exact) mass is 171 g/mol. The molecule has 1 saturated heterocycles. The zero-order valence-corrected chi connectivity index (χ0v) is 7.06. The molecule has 1 aliphatic rings. The summed E-state index contributed by atoms with van der Waals surface area (Å²) in [7, 11) is 1.34. The molecule has 1 fully saturated rings. The van der Waals surface area contributed by atoms with Gasteiger partial charge in [0.2, 0.25) is 0 Å². The van der Waals surface area contributed by atoms with E-state index in [2.05, 4.69) is 11.3 Å². The minimum atomic E-state index is -0.452. The fraction of sp³-hybridized carbons (Fsp3) is 0.625. The van der Waals surface area contributed by atoms with E-state index in [1.54, 1.807) is 11.1 Å². The van der Waals surface area contributed by atoms with E-state index in [1.165, 1.54) is 7.11 Å². The zero-order valence-electron chi connectivity index (χ0n) is 7.06. The van der Waals surface area contributed by atoms with Crippen molar-refractivity contribution in [2.45, 2.75) is 18.6 Å². The number of likely N-dealkylation sites (tertiary alicyclic amines) is 1. The molecule has 0 aromatic carbocycles. The summed E-state index contributed by atoms with van der Waals surface area (Å²) in [6.07, 6.45) is 1.53. The number of ether oxygens (including phenoxy) is 1. The van der Waals surface area contributed by atoms with Crippen molar-refractivity contribution >= 4 is 5.97 Å². The number of carbonyl (C=O) groups is 1. The van der Waals surface area contributed by atoms with Crippen LogP contribution in [0.4, 0.5) is 0 Å².